The summed E-state index contributed by atoms with van der Waals surface area (Å²) in [6.45, 7) is 0. The van der Waals surface area contributed by atoms with Crippen LogP contribution in [0.4, 0.5) is 14.5 Å². The highest BCUT2D eigenvalue weighted by atomic mass is 19.3. The second kappa shape index (κ2) is 4.68. The zero-order valence-corrected chi connectivity index (χ0v) is 8.40. The fraction of sp³-hybridized carbons (Fsp3) is 0.250. The van der Waals surface area contributed by atoms with Crippen molar-refractivity contribution >= 4 is 11.7 Å². The molecule has 0 amide bonds. The Balaban J connectivity index is 3.52. The number of pyridine rings is 1. The number of nitro groups is 1. The van der Waals surface area contributed by atoms with E-state index in [9.17, 15) is 28.5 Å². The molecule has 1 aromatic heterocycles. The fourth-order valence-electron chi connectivity index (χ4n) is 1.14. The molecule has 0 aliphatic carbocycles. The summed E-state index contributed by atoms with van der Waals surface area (Å²) < 4.78 is 29.2. The van der Waals surface area contributed by atoms with Gasteiger partial charge in [-0.3, -0.25) is 14.9 Å². The first-order valence-electron chi connectivity index (χ1n) is 4.16. The zero-order valence-electron chi connectivity index (χ0n) is 8.40. The number of methoxy groups -OCH3 is 1. The molecule has 17 heavy (non-hydrogen) atoms. The Hall–Kier alpha value is -2.32. The summed E-state index contributed by atoms with van der Waals surface area (Å²) in [5.74, 6) is -1.07. The van der Waals surface area contributed by atoms with Crippen LogP contribution in [0.25, 0.3) is 0 Å². The van der Waals surface area contributed by atoms with Gasteiger partial charge in [0.25, 0.3) is 11.9 Å². The lowest BCUT2D eigenvalue weighted by Gasteiger charge is -2.04. The van der Waals surface area contributed by atoms with Gasteiger partial charge in [-0.2, -0.15) is 0 Å². The summed E-state index contributed by atoms with van der Waals surface area (Å²) in [6.07, 6.45) is -3.28. The van der Waals surface area contributed by atoms with E-state index in [-0.39, 0.29) is 0 Å². The Morgan fingerprint density at radius 1 is 1.59 bits per heavy atom. The SMILES string of the molecule is COC(=O)c1cc(=O)c([N+](=O)[O-])c(C(F)F)[nH]1. The molecule has 0 spiro atoms. The van der Waals surface area contributed by atoms with Crippen LogP contribution in [-0.2, 0) is 4.74 Å². The summed E-state index contributed by atoms with van der Waals surface area (Å²) in [5, 5.41) is 10.4. The van der Waals surface area contributed by atoms with Gasteiger partial charge >= 0.3 is 11.7 Å². The lowest BCUT2D eigenvalue weighted by atomic mass is 10.2. The average Bonchev–Trinajstić information content (AvgIpc) is 2.26. The van der Waals surface area contributed by atoms with Gasteiger partial charge in [0.15, 0.2) is 5.69 Å². The van der Waals surface area contributed by atoms with Crippen molar-refractivity contribution in [3.63, 3.8) is 0 Å². The van der Waals surface area contributed by atoms with Crippen molar-refractivity contribution in [2.24, 2.45) is 0 Å². The van der Waals surface area contributed by atoms with Gasteiger partial charge < -0.3 is 9.72 Å². The highest BCUT2D eigenvalue weighted by Crippen LogP contribution is 2.23. The minimum absolute atomic E-state index is 0.538. The van der Waals surface area contributed by atoms with Crippen molar-refractivity contribution < 1.29 is 23.2 Å². The topological polar surface area (TPSA) is 102 Å². The van der Waals surface area contributed by atoms with E-state index in [0.29, 0.717) is 6.07 Å². The summed E-state index contributed by atoms with van der Waals surface area (Å²) in [4.78, 5) is 33.3. The molecule has 0 saturated carbocycles. The molecule has 0 radical (unpaired) electrons. The molecule has 1 heterocycles. The number of aromatic amines is 1. The number of alkyl halides is 2. The van der Waals surface area contributed by atoms with E-state index in [1.165, 1.54) is 0 Å². The van der Waals surface area contributed by atoms with Gasteiger partial charge in [-0.15, -0.1) is 0 Å². The monoisotopic (exact) mass is 248 g/mol. The first-order chi connectivity index (χ1) is 7.88. The first kappa shape index (κ1) is 12.7. The van der Waals surface area contributed by atoms with Crippen molar-refractivity contribution in [3.05, 3.63) is 37.8 Å². The normalized spacial score (nSPS) is 10.4. The van der Waals surface area contributed by atoms with Crippen LogP contribution in [0, 0.1) is 10.1 Å². The van der Waals surface area contributed by atoms with E-state index in [1.54, 1.807) is 0 Å². The van der Waals surface area contributed by atoms with Crippen LogP contribution in [0.3, 0.4) is 0 Å². The minimum atomic E-state index is -3.28. The average molecular weight is 248 g/mol. The number of hydrogen-bond acceptors (Lipinski definition) is 5. The minimum Gasteiger partial charge on any atom is -0.464 e. The number of rotatable bonds is 3. The van der Waals surface area contributed by atoms with Crippen molar-refractivity contribution in [1.29, 1.82) is 0 Å². The highest BCUT2D eigenvalue weighted by Gasteiger charge is 2.28. The standard InChI is InChI=1S/C8H6F2N2O5/c1-17-8(14)3-2-4(13)6(12(15)16)5(11-3)7(9)10/h2,7H,1H3,(H,11,13). The third kappa shape index (κ3) is 2.44. The number of aromatic nitrogens is 1. The zero-order chi connectivity index (χ0) is 13.2. The van der Waals surface area contributed by atoms with Crippen LogP contribution in [0.1, 0.15) is 22.6 Å². The molecule has 0 saturated heterocycles. The number of H-pyrrole nitrogens is 1. The van der Waals surface area contributed by atoms with E-state index >= 15 is 0 Å². The smallest absolute Gasteiger partial charge is 0.354 e. The quantitative estimate of drug-likeness (QED) is 0.488. The number of nitrogens with one attached hydrogen (secondary N) is 1. The van der Waals surface area contributed by atoms with Crippen LogP contribution < -0.4 is 5.43 Å². The van der Waals surface area contributed by atoms with E-state index < -0.39 is 39.8 Å². The van der Waals surface area contributed by atoms with Crippen LogP contribution in [0.15, 0.2) is 10.9 Å². The van der Waals surface area contributed by atoms with Gasteiger partial charge in [0.05, 0.1) is 12.0 Å². The van der Waals surface area contributed by atoms with Gasteiger partial charge in [0, 0.05) is 6.07 Å². The number of halogens is 2. The maximum atomic E-state index is 12.5. The second-order valence-electron chi connectivity index (χ2n) is 2.86. The highest BCUT2D eigenvalue weighted by molar-refractivity contribution is 5.87. The summed E-state index contributed by atoms with van der Waals surface area (Å²) in [7, 11) is 0.976. The molecule has 0 aliphatic heterocycles. The lowest BCUT2D eigenvalue weighted by molar-refractivity contribution is -0.387. The summed E-state index contributed by atoms with van der Waals surface area (Å²) in [6, 6.07) is 0.538. The van der Waals surface area contributed by atoms with Gasteiger partial charge in [-0.1, -0.05) is 0 Å². The molecular formula is C8H6F2N2O5. The third-order valence-corrected chi connectivity index (χ3v) is 1.84. The largest absolute Gasteiger partial charge is 0.464 e. The molecule has 0 fully saturated rings. The first-order valence-corrected chi connectivity index (χ1v) is 4.16. The van der Waals surface area contributed by atoms with Gasteiger partial charge in [-0.05, 0) is 0 Å². The molecule has 1 N–H and O–H groups in total. The molecule has 0 bridgehead atoms. The van der Waals surface area contributed by atoms with Gasteiger partial charge in [0.1, 0.15) is 5.69 Å². The number of esters is 1. The van der Waals surface area contributed by atoms with Crippen LogP contribution in [0.2, 0.25) is 0 Å². The molecule has 1 rings (SSSR count). The van der Waals surface area contributed by atoms with E-state index in [4.69, 9.17) is 0 Å². The van der Waals surface area contributed by atoms with Crippen LogP contribution >= 0.6 is 0 Å². The van der Waals surface area contributed by atoms with Crippen molar-refractivity contribution in [3.8, 4) is 0 Å². The van der Waals surface area contributed by atoms with Crippen LogP contribution in [0.5, 0.6) is 0 Å². The molecule has 1 aromatic rings. The Bertz CT molecular complexity index is 525. The Morgan fingerprint density at radius 3 is 2.59 bits per heavy atom. The number of ether oxygens (including phenoxy) is 1. The number of carbonyl (C=O) groups is 1. The summed E-state index contributed by atoms with van der Waals surface area (Å²) >= 11 is 0. The lowest BCUT2D eigenvalue weighted by Crippen LogP contribution is -2.17. The van der Waals surface area contributed by atoms with Crippen LogP contribution in [-0.4, -0.2) is 23.0 Å². The van der Waals surface area contributed by atoms with Crippen molar-refractivity contribution in [1.82, 2.24) is 4.98 Å². The fourth-order valence-corrected chi connectivity index (χ4v) is 1.14. The predicted molar refractivity (Wildman–Crippen MR) is 50.0 cm³/mol. The number of carbonyl (C=O) groups excluding carboxylic acids is 1. The van der Waals surface area contributed by atoms with E-state index in [0.717, 1.165) is 7.11 Å². The molecule has 0 aliphatic rings. The Labute approximate surface area is 92.2 Å². The molecule has 92 valence electrons. The van der Waals surface area contributed by atoms with E-state index in [2.05, 4.69) is 4.74 Å². The third-order valence-electron chi connectivity index (χ3n) is 1.84. The number of hydrogen-bond donors (Lipinski definition) is 1. The molecular weight excluding hydrogens is 242 g/mol. The predicted octanol–water partition coefficient (Wildman–Crippen LogP) is 1.01. The van der Waals surface area contributed by atoms with Gasteiger partial charge in [-0.25, -0.2) is 13.6 Å². The van der Waals surface area contributed by atoms with Crippen molar-refractivity contribution in [2.75, 3.05) is 7.11 Å². The second-order valence-corrected chi connectivity index (χ2v) is 2.86. The molecule has 0 atom stereocenters. The van der Waals surface area contributed by atoms with E-state index in [1.807, 2.05) is 4.98 Å². The number of nitrogens with zero attached hydrogens (tertiary/aromatic N) is 1. The molecule has 7 nitrogen and oxygen atoms in total. The molecule has 0 aromatic carbocycles. The Kier molecular flexibility index (Phi) is 3.51. The maximum Gasteiger partial charge on any atom is 0.354 e. The molecule has 9 heteroatoms. The Morgan fingerprint density at radius 2 is 2.18 bits per heavy atom. The summed E-state index contributed by atoms with van der Waals surface area (Å²) in [5.41, 5.74) is -4.36. The van der Waals surface area contributed by atoms with Gasteiger partial charge in [0.2, 0.25) is 0 Å². The maximum absolute atomic E-state index is 12.5. The molecule has 0 unspecified atom stereocenters. The van der Waals surface area contributed by atoms with Crippen molar-refractivity contribution in [2.45, 2.75) is 6.43 Å².